The number of hydrogen-bond acceptors (Lipinski definition) is 3. The first-order valence-electron chi connectivity index (χ1n) is 7.81. The SMILES string of the molecule is CN(C1CCC1)S(=O)(=O)Cc1cccc(CNC2CC2)c1. The molecule has 0 heterocycles. The van der Waals surface area contributed by atoms with Crippen LogP contribution in [0.5, 0.6) is 0 Å². The fraction of sp³-hybridized carbons (Fsp3) is 0.625. The molecule has 0 aromatic heterocycles. The summed E-state index contributed by atoms with van der Waals surface area (Å²) in [5.74, 6) is 0.108. The van der Waals surface area contributed by atoms with Gasteiger partial charge in [-0.05, 0) is 36.8 Å². The highest BCUT2D eigenvalue weighted by atomic mass is 32.2. The molecule has 1 aromatic carbocycles. The maximum Gasteiger partial charge on any atom is 0.218 e. The Hall–Kier alpha value is -0.910. The van der Waals surface area contributed by atoms with Crippen molar-refractivity contribution in [2.45, 2.75) is 56.5 Å². The normalized spacial score (nSPS) is 19.7. The Kier molecular flexibility index (Phi) is 4.33. The van der Waals surface area contributed by atoms with Crippen molar-refractivity contribution in [3.63, 3.8) is 0 Å². The third-order valence-electron chi connectivity index (χ3n) is 4.54. The van der Waals surface area contributed by atoms with Gasteiger partial charge in [0.2, 0.25) is 10.0 Å². The van der Waals surface area contributed by atoms with Gasteiger partial charge < -0.3 is 5.32 Å². The van der Waals surface area contributed by atoms with Gasteiger partial charge in [0.15, 0.2) is 0 Å². The predicted molar refractivity (Wildman–Crippen MR) is 84.3 cm³/mol. The number of nitrogens with zero attached hydrogens (tertiary/aromatic N) is 1. The minimum atomic E-state index is -3.20. The lowest BCUT2D eigenvalue weighted by atomic mass is 9.94. The van der Waals surface area contributed by atoms with Crippen LogP contribution in [0.3, 0.4) is 0 Å². The molecule has 0 atom stereocenters. The summed E-state index contributed by atoms with van der Waals surface area (Å²) >= 11 is 0. The molecule has 4 nitrogen and oxygen atoms in total. The van der Waals surface area contributed by atoms with Gasteiger partial charge in [0, 0.05) is 25.7 Å². The summed E-state index contributed by atoms with van der Waals surface area (Å²) in [6.07, 6.45) is 5.68. The molecule has 0 saturated heterocycles. The second kappa shape index (κ2) is 6.07. The van der Waals surface area contributed by atoms with Crippen molar-refractivity contribution < 1.29 is 8.42 Å². The molecule has 0 radical (unpaired) electrons. The first kappa shape index (κ1) is 15.0. The molecule has 1 N–H and O–H groups in total. The second-order valence-corrected chi connectivity index (χ2v) is 8.36. The Morgan fingerprint density at radius 2 is 1.90 bits per heavy atom. The zero-order chi connectivity index (χ0) is 14.9. The molecule has 0 bridgehead atoms. The lowest BCUT2D eigenvalue weighted by molar-refractivity contribution is 0.249. The zero-order valence-electron chi connectivity index (χ0n) is 12.6. The molecular weight excluding hydrogens is 284 g/mol. The number of sulfonamides is 1. The fourth-order valence-electron chi connectivity index (χ4n) is 2.67. The summed E-state index contributed by atoms with van der Waals surface area (Å²) in [7, 11) is -1.48. The van der Waals surface area contributed by atoms with Gasteiger partial charge in [-0.3, -0.25) is 0 Å². The van der Waals surface area contributed by atoms with Gasteiger partial charge in [-0.25, -0.2) is 12.7 Å². The average Bonchev–Trinajstić information content (AvgIpc) is 3.18. The molecule has 2 fully saturated rings. The van der Waals surface area contributed by atoms with Crippen LogP contribution in [-0.4, -0.2) is 31.9 Å². The smallest absolute Gasteiger partial charge is 0.218 e. The highest BCUT2D eigenvalue weighted by Crippen LogP contribution is 2.27. The minimum Gasteiger partial charge on any atom is -0.310 e. The molecule has 116 valence electrons. The van der Waals surface area contributed by atoms with Gasteiger partial charge >= 0.3 is 0 Å². The van der Waals surface area contributed by atoms with E-state index in [4.69, 9.17) is 0 Å². The van der Waals surface area contributed by atoms with Gasteiger partial charge in [0.25, 0.3) is 0 Å². The quantitative estimate of drug-likeness (QED) is 0.840. The van der Waals surface area contributed by atoms with Crippen LogP contribution in [0.25, 0.3) is 0 Å². The van der Waals surface area contributed by atoms with Crippen LogP contribution in [0.1, 0.15) is 43.2 Å². The summed E-state index contributed by atoms with van der Waals surface area (Å²) in [4.78, 5) is 0. The van der Waals surface area contributed by atoms with Crippen molar-refractivity contribution in [1.82, 2.24) is 9.62 Å². The Labute approximate surface area is 127 Å². The summed E-state index contributed by atoms with van der Waals surface area (Å²) in [6.45, 7) is 0.830. The van der Waals surface area contributed by atoms with Crippen LogP contribution in [0.4, 0.5) is 0 Å². The molecular formula is C16H24N2O2S. The first-order valence-corrected chi connectivity index (χ1v) is 9.42. The van der Waals surface area contributed by atoms with Gasteiger partial charge in [-0.15, -0.1) is 0 Å². The highest BCUT2D eigenvalue weighted by molar-refractivity contribution is 7.88. The molecule has 2 aliphatic rings. The lowest BCUT2D eigenvalue weighted by Gasteiger charge is -2.33. The molecule has 1 aromatic rings. The fourth-order valence-corrected chi connectivity index (χ4v) is 4.14. The molecule has 2 saturated carbocycles. The van der Waals surface area contributed by atoms with Crippen LogP contribution < -0.4 is 5.32 Å². The van der Waals surface area contributed by atoms with E-state index in [2.05, 4.69) is 11.4 Å². The monoisotopic (exact) mass is 308 g/mol. The Morgan fingerprint density at radius 3 is 2.52 bits per heavy atom. The summed E-state index contributed by atoms with van der Waals surface area (Å²) in [5.41, 5.74) is 2.05. The van der Waals surface area contributed by atoms with Crippen molar-refractivity contribution in [2.75, 3.05) is 7.05 Å². The van der Waals surface area contributed by atoms with Crippen molar-refractivity contribution in [3.05, 3.63) is 35.4 Å². The summed E-state index contributed by atoms with van der Waals surface area (Å²) in [5, 5.41) is 3.46. The lowest BCUT2D eigenvalue weighted by Crippen LogP contribution is -2.41. The molecule has 0 spiro atoms. The van der Waals surface area contributed by atoms with Crippen LogP contribution in [0.15, 0.2) is 24.3 Å². The van der Waals surface area contributed by atoms with Crippen LogP contribution in [0.2, 0.25) is 0 Å². The standard InChI is InChI=1S/C16H24N2O2S/c1-18(16-6-3-7-16)21(19,20)12-14-5-2-4-13(10-14)11-17-15-8-9-15/h2,4-5,10,15-17H,3,6-9,11-12H2,1H3. The maximum atomic E-state index is 12.4. The van der Waals surface area contributed by atoms with Crippen LogP contribution in [0, 0.1) is 0 Å². The minimum absolute atomic E-state index is 0.108. The number of rotatable bonds is 7. The van der Waals surface area contributed by atoms with Crippen molar-refractivity contribution in [2.24, 2.45) is 0 Å². The largest absolute Gasteiger partial charge is 0.310 e. The highest BCUT2D eigenvalue weighted by Gasteiger charge is 2.30. The van der Waals surface area contributed by atoms with E-state index in [9.17, 15) is 8.42 Å². The molecule has 0 unspecified atom stereocenters. The summed E-state index contributed by atoms with van der Waals surface area (Å²) in [6, 6.07) is 8.82. The van der Waals surface area contributed by atoms with E-state index in [1.54, 1.807) is 11.4 Å². The van der Waals surface area contributed by atoms with E-state index in [-0.39, 0.29) is 11.8 Å². The van der Waals surface area contributed by atoms with Gasteiger partial charge in [-0.2, -0.15) is 0 Å². The van der Waals surface area contributed by atoms with E-state index < -0.39 is 10.0 Å². The number of hydrogen-bond donors (Lipinski definition) is 1. The molecule has 0 aliphatic heterocycles. The Bertz CT molecular complexity index is 592. The topological polar surface area (TPSA) is 49.4 Å². The van der Waals surface area contributed by atoms with Crippen LogP contribution >= 0.6 is 0 Å². The van der Waals surface area contributed by atoms with Crippen LogP contribution in [-0.2, 0) is 22.3 Å². The van der Waals surface area contributed by atoms with Gasteiger partial charge in [-0.1, -0.05) is 30.7 Å². The average molecular weight is 308 g/mol. The van der Waals surface area contributed by atoms with Gasteiger partial charge in [0.1, 0.15) is 0 Å². The Balaban J connectivity index is 1.63. The Morgan fingerprint density at radius 1 is 1.19 bits per heavy atom. The molecule has 0 amide bonds. The van der Waals surface area contributed by atoms with Gasteiger partial charge in [0.05, 0.1) is 5.75 Å². The summed E-state index contributed by atoms with van der Waals surface area (Å²) < 4.78 is 26.4. The van der Waals surface area contributed by atoms with Crippen molar-refractivity contribution in [3.8, 4) is 0 Å². The van der Waals surface area contributed by atoms with E-state index in [0.29, 0.717) is 6.04 Å². The van der Waals surface area contributed by atoms with Crippen molar-refractivity contribution >= 4 is 10.0 Å². The third-order valence-corrected chi connectivity index (χ3v) is 6.41. The molecule has 5 heteroatoms. The maximum absolute atomic E-state index is 12.4. The zero-order valence-corrected chi connectivity index (χ0v) is 13.4. The van der Waals surface area contributed by atoms with E-state index in [1.807, 2.05) is 18.2 Å². The first-order chi connectivity index (χ1) is 10.0. The van der Waals surface area contributed by atoms with E-state index in [1.165, 1.54) is 18.4 Å². The number of nitrogens with one attached hydrogen (secondary N) is 1. The third kappa shape index (κ3) is 3.84. The number of benzene rings is 1. The van der Waals surface area contributed by atoms with Crippen molar-refractivity contribution in [1.29, 1.82) is 0 Å². The van der Waals surface area contributed by atoms with E-state index >= 15 is 0 Å². The molecule has 3 rings (SSSR count). The predicted octanol–water partition coefficient (Wildman–Crippen LogP) is 2.25. The van der Waals surface area contributed by atoms with E-state index in [0.717, 1.165) is 31.4 Å². The molecule has 2 aliphatic carbocycles. The second-order valence-electron chi connectivity index (χ2n) is 6.33. The molecule has 21 heavy (non-hydrogen) atoms.